The van der Waals surface area contributed by atoms with Crippen molar-refractivity contribution >= 4 is 23.2 Å². The smallest absolute Gasteiger partial charge is 0.241 e. The van der Waals surface area contributed by atoms with Crippen molar-refractivity contribution in [3.8, 4) is 0 Å². The van der Waals surface area contributed by atoms with Crippen LogP contribution in [0.5, 0.6) is 0 Å². The number of hydrogen-bond acceptors (Lipinski definition) is 5. The molecule has 0 saturated carbocycles. The predicted octanol–water partition coefficient (Wildman–Crippen LogP) is 0.386. The van der Waals surface area contributed by atoms with Crippen LogP contribution < -0.4 is 22.1 Å². The summed E-state index contributed by atoms with van der Waals surface area (Å²) in [5.74, 6) is -0.738. The van der Waals surface area contributed by atoms with Crippen LogP contribution in [0.4, 0.5) is 11.4 Å². The molecule has 1 aromatic rings. The lowest BCUT2D eigenvalue weighted by Crippen LogP contribution is -2.44. The van der Waals surface area contributed by atoms with Crippen LogP contribution in [0, 0.1) is 5.92 Å². The molecule has 0 aromatic carbocycles. The highest BCUT2D eigenvalue weighted by Crippen LogP contribution is 2.35. The summed E-state index contributed by atoms with van der Waals surface area (Å²) < 4.78 is 0. The number of anilines is 2. The molecule has 6 N–H and O–H groups in total. The van der Waals surface area contributed by atoms with Gasteiger partial charge in [0.1, 0.15) is 0 Å². The molecule has 7 nitrogen and oxygen atoms in total. The van der Waals surface area contributed by atoms with Crippen molar-refractivity contribution in [2.24, 2.45) is 17.4 Å². The lowest BCUT2D eigenvalue weighted by atomic mass is 9.89. The summed E-state index contributed by atoms with van der Waals surface area (Å²) in [6.45, 7) is 5.59. The topological polar surface area (TPSA) is 123 Å². The SMILES string of the molecule is CC(C)[C@H](N)C(=O)Nc1cncc2c1NC(=O)[C@@H](N)C2C. The summed E-state index contributed by atoms with van der Waals surface area (Å²) in [6.07, 6.45) is 3.14. The van der Waals surface area contributed by atoms with Gasteiger partial charge in [-0.05, 0) is 5.92 Å². The van der Waals surface area contributed by atoms with Crippen molar-refractivity contribution in [2.75, 3.05) is 10.6 Å². The Morgan fingerprint density at radius 2 is 2.10 bits per heavy atom. The zero-order chi connectivity index (χ0) is 15.7. The molecule has 0 bridgehead atoms. The Morgan fingerprint density at radius 1 is 1.43 bits per heavy atom. The first-order valence-corrected chi connectivity index (χ1v) is 6.93. The van der Waals surface area contributed by atoms with E-state index in [0.29, 0.717) is 11.4 Å². The third-order valence-electron chi connectivity index (χ3n) is 3.83. The van der Waals surface area contributed by atoms with Crippen molar-refractivity contribution in [1.82, 2.24) is 4.98 Å². The third kappa shape index (κ3) is 2.88. The fourth-order valence-electron chi connectivity index (χ4n) is 2.20. The molecule has 0 radical (unpaired) electrons. The molecule has 0 saturated heterocycles. The van der Waals surface area contributed by atoms with Gasteiger partial charge < -0.3 is 22.1 Å². The minimum Gasteiger partial charge on any atom is -0.323 e. The number of rotatable bonds is 3. The Kier molecular flexibility index (Phi) is 4.24. The van der Waals surface area contributed by atoms with E-state index >= 15 is 0 Å². The minimum atomic E-state index is -0.625. The highest BCUT2D eigenvalue weighted by Gasteiger charge is 2.32. The molecule has 0 fully saturated rings. The Morgan fingerprint density at radius 3 is 2.71 bits per heavy atom. The highest BCUT2D eigenvalue weighted by atomic mass is 16.2. The molecule has 21 heavy (non-hydrogen) atoms. The van der Waals surface area contributed by atoms with Gasteiger partial charge in [0.2, 0.25) is 11.8 Å². The molecule has 0 spiro atoms. The molecule has 2 heterocycles. The zero-order valence-electron chi connectivity index (χ0n) is 12.4. The first kappa shape index (κ1) is 15.4. The second kappa shape index (κ2) is 5.79. The molecule has 114 valence electrons. The van der Waals surface area contributed by atoms with Gasteiger partial charge in [-0.15, -0.1) is 0 Å². The van der Waals surface area contributed by atoms with E-state index in [1.165, 1.54) is 6.20 Å². The highest BCUT2D eigenvalue weighted by molar-refractivity contribution is 6.05. The molecular formula is C14H21N5O2. The Hall–Kier alpha value is -1.99. The van der Waals surface area contributed by atoms with E-state index < -0.39 is 12.1 Å². The van der Waals surface area contributed by atoms with Crippen molar-refractivity contribution in [3.05, 3.63) is 18.0 Å². The maximum Gasteiger partial charge on any atom is 0.241 e. The average molecular weight is 291 g/mol. The number of aromatic nitrogens is 1. The molecule has 1 aliphatic heterocycles. The average Bonchev–Trinajstić information content (AvgIpc) is 2.44. The number of pyridine rings is 1. The normalized spacial score (nSPS) is 22.5. The van der Waals surface area contributed by atoms with Crippen LogP contribution in [0.3, 0.4) is 0 Å². The first-order chi connectivity index (χ1) is 9.82. The van der Waals surface area contributed by atoms with Crippen LogP contribution in [-0.4, -0.2) is 28.9 Å². The van der Waals surface area contributed by atoms with Crippen molar-refractivity contribution in [3.63, 3.8) is 0 Å². The third-order valence-corrected chi connectivity index (χ3v) is 3.83. The quantitative estimate of drug-likeness (QED) is 0.641. The lowest BCUT2D eigenvalue weighted by Gasteiger charge is -2.29. The summed E-state index contributed by atoms with van der Waals surface area (Å²) in [7, 11) is 0. The Labute approximate surface area is 123 Å². The summed E-state index contributed by atoms with van der Waals surface area (Å²) in [4.78, 5) is 28.0. The van der Waals surface area contributed by atoms with Crippen LogP contribution in [-0.2, 0) is 9.59 Å². The largest absolute Gasteiger partial charge is 0.323 e. The number of fused-ring (bicyclic) bond motifs is 1. The lowest BCUT2D eigenvalue weighted by molar-refractivity contribution is -0.119. The van der Waals surface area contributed by atoms with E-state index in [1.54, 1.807) is 6.20 Å². The molecule has 3 atom stereocenters. The number of nitrogens with two attached hydrogens (primary N) is 2. The zero-order valence-corrected chi connectivity index (χ0v) is 12.4. The van der Waals surface area contributed by atoms with Crippen LogP contribution in [0.1, 0.15) is 32.3 Å². The predicted molar refractivity (Wildman–Crippen MR) is 80.7 cm³/mol. The minimum absolute atomic E-state index is 0.0134. The molecule has 1 aliphatic rings. The number of carbonyl (C=O) groups is 2. The molecule has 0 aliphatic carbocycles. The molecule has 1 aromatic heterocycles. The van der Waals surface area contributed by atoms with Crippen molar-refractivity contribution in [2.45, 2.75) is 38.8 Å². The molecule has 2 amide bonds. The van der Waals surface area contributed by atoms with E-state index in [-0.39, 0.29) is 23.7 Å². The standard InChI is InChI=1S/C14H21N5O2/c1-6(2)10(15)13(20)18-9-5-17-4-8-7(3)11(16)14(21)19-12(8)9/h4-7,10-11H,15-16H2,1-3H3,(H,18,20)(H,19,21)/t7?,10-,11-/m0/s1. The van der Waals surface area contributed by atoms with Gasteiger partial charge in [0.25, 0.3) is 0 Å². The molecule has 7 heteroatoms. The summed E-state index contributed by atoms with van der Waals surface area (Å²) >= 11 is 0. The summed E-state index contributed by atoms with van der Waals surface area (Å²) in [5.41, 5.74) is 13.4. The molecule has 1 unspecified atom stereocenters. The van der Waals surface area contributed by atoms with Crippen molar-refractivity contribution < 1.29 is 9.59 Å². The van der Waals surface area contributed by atoms with E-state index in [0.717, 1.165) is 5.56 Å². The summed E-state index contributed by atoms with van der Waals surface area (Å²) in [5, 5.41) is 5.45. The first-order valence-electron chi connectivity index (χ1n) is 6.93. The van der Waals surface area contributed by atoms with Gasteiger partial charge in [-0.25, -0.2) is 0 Å². The van der Waals surface area contributed by atoms with Crippen LogP contribution in [0.15, 0.2) is 12.4 Å². The fourth-order valence-corrected chi connectivity index (χ4v) is 2.20. The molecule has 2 rings (SSSR count). The Bertz CT molecular complexity index is 572. The van der Waals surface area contributed by atoms with Gasteiger partial charge in [0, 0.05) is 17.7 Å². The van der Waals surface area contributed by atoms with Gasteiger partial charge in [0.15, 0.2) is 0 Å². The Balaban J connectivity index is 2.31. The number of nitrogens with one attached hydrogen (secondary N) is 2. The van der Waals surface area contributed by atoms with Crippen LogP contribution in [0.25, 0.3) is 0 Å². The maximum absolute atomic E-state index is 12.1. The second-order valence-corrected chi connectivity index (χ2v) is 5.71. The molecular weight excluding hydrogens is 270 g/mol. The van der Waals surface area contributed by atoms with Crippen molar-refractivity contribution in [1.29, 1.82) is 0 Å². The number of hydrogen-bond donors (Lipinski definition) is 4. The van der Waals surface area contributed by atoms with E-state index in [2.05, 4.69) is 15.6 Å². The number of nitrogens with zero attached hydrogens (tertiary/aromatic N) is 1. The van der Waals surface area contributed by atoms with E-state index in [9.17, 15) is 9.59 Å². The van der Waals surface area contributed by atoms with Gasteiger partial charge in [-0.2, -0.15) is 0 Å². The van der Waals surface area contributed by atoms with Gasteiger partial charge in [-0.3, -0.25) is 14.6 Å². The number of carbonyl (C=O) groups excluding carboxylic acids is 2. The van der Waals surface area contributed by atoms with Gasteiger partial charge in [0.05, 0.1) is 29.7 Å². The van der Waals surface area contributed by atoms with Gasteiger partial charge in [-0.1, -0.05) is 20.8 Å². The fraction of sp³-hybridized carbons (Fsp3) is 0.500. The summed E-state index contributed by atoms with van der Waals surface area (Å²) in [6, 6.07) is -1.25. The second-order valence-electron chi connectivity index (χ2n) is 5.71. The van der Waals surface area contributed by atoms with Crippen LogP contribution in [0.2, 0.25) is 0 Å². The van der Waals surface area contributed by atoms with E-state index in [1.807, 2.05) is 20.8 Å². The number of amides is 2. The van der Waals surface area contributed by atoms with E-state index in [4.69, 9.17) is 11.5 Å². The van der Waals surface area contributed by atoms with Crippen LogP contribution >= 0.6 is 0 Å². The monoisotopic (exact) mass is 291 g/mol. The maximum atomic E-state index is 12.1. The van der Waals surface area contributed by atoms with Gasteiger partial charge >= 0.3 is 0 Å².